The second-order valence-electron chi connectivity index (χ2n) is 7.05. The Morgan fingerprint density at radius 1 is 1.20 bits per heavy atom. The third-order valence-electron chi connectivity index (χ3n) is 5.45. The van der Waals surface area contributed by atoms with E-state index in [2.05, 4.69) is 10.7 Å². The van der Waals surface area contributed by atoms with Crippen LogP contribution in [0.25, 0.3) is 11.0 Å². The summed E-state index contributed by atoms with van der Waals surface area (Å²) in [7, 11) is 1.55. The molecule has 0 unspecified atom stereocenters. The fraction of sp³-hybridized carbons (Fsp3) is 0.227. The van der Waals surface area contributed by atoms with Gasteiger partial charge in [-0.15, -0.1) is 0 Å². The second-order valence-corrected chi connectivity index (χ2v) is 7.05. The summed E-state index contributed by atoms with van der Waals surface area (Å²) in [5, 5.41) is 4.15. The number of carbonyl (C=O) groups excluding carboxylic acids is 3. The van der Waals surface area contributed by atoms with Crippen molar-refractivity contribution in [2.45, 2.75) is 25.8 Å². The number of imide groups is 1. The first kappa shape index (κ1) is 19.5. The molecule has 1 saturated heterocycles. The van der Waals surface area contributed by atoms with Gasteiger partial charge in [-0.05, 0) is 37.1 Å². The minimum absolute atomic E-state index is 0.0209. The predicted octanol–water partition coefficient (Wildman–Crippen LogP) is 3.25. The van der Waals surface area contributed by atoms with Crippen LogP contribution in [0.5, 0.6) is 5.75 Å². The van der Waals surface area contributed by atoms with Crippen molar-refractivity contribution in [3.05, 3.63) is 65.4 Å². The minimum Gasteiger partial charge on any atom is -0.497 e. The minimum atomic E-state index is -1.23. The zero-order chi connectivity index (χ0) is 21.5. The number of fused-ring (bicyclic) bond motifs is 1. The number of furan rings is 1. The van der Waals surface area contributed by atoms with Crippen molar-refractivity contribution in [2.24, 2.45) is 0 Å². The maximum absolute atomic E-state index is 13.2. The van der Waals surface area contributed by atoms with Crippen LogP contribution in [-0.4, -0.2) is 30.0 Å². The van der Waals surface area contributed by atoms with E-state index >= 15 is 0 Å². The summed E-state index contributed by atoms with van der Waals surface area (Å²) in [6.45, 7) is 3.53. The molecule has 8 nitrogen and oxygen atoms in total. The quantitative estimate of drug-likeness (QED) is 0.633. The number of nitrogens with one attached hydrogen (secondary N) is 2. The zero-order valence-corrected chi connectivity index (χ0v) is 16.8. The van der Waals surface area contributed by atoms with Crippen LogP contribution >= 0.6 is 0 Å². The monoisotopic (exact) mass is 407 g/mol. The van der Waals surface area contributed by atoms with Gasteiger partial charge in [-0.2, -0.15) is 5.01 Å². The first-order valence-electron chi connectivity index (χ1n) is 9.51. The van der Waals surface area contributed by atoms with Gasteiger partial charge in [0, 0.05) is 10.9 Å². The number of urea groups is 1. The molecule has 1 aliphatic rings. The maximum Gasteiger partial charge on any atom is 0.344 e. The highest BCUT2D eigenvalue weighted by Crippen LogP contribution is 2.32. The van der Waals surface area contributed by atoms with E-state index in [1.54, 1.807) is 63.4 Å². The summed E-state index contributed by atoms with van der Waals surface area (Å²) in [5.74, 6) is -0.591. The molecule has 1 fully saturated rings. The predicted molar refractivity (Wildman–Crippen MR) is 109 cm³/mol. The van der Waals surface area contributed by atoms with E-state index in [4.69, 9.17) is 9.15 Å². The molecule has 2 aromatic carbocycles. The van der Waals surface area contributed by atoms with Gasteiger partial charge in [0.05, 0.1) is 7.11 Å². The zero-order valence-electron chi connectivity index (χ0n) is 16.8. The molecule has 1 aliphatic heterocycles. The summed E-state index contributed by atoms with van der Waals surface area (Å²) in [5.41, 5.74) is 2.89. The van der Waals surface area contributed by atoms with Gasteiger partial charge < -0.3 is 14.5 Å². The summed E-state index contributed by atoms with van der Waals surface area (Å²) in [6, 6.07) is 13.4. The Morgan fingerprint density at radius 2 is 1.93 bits per heavy atom. The normalized spacial score (nSPS) is 18.6. The first-order valence-corrected chi connectivity index (χ1v) is 9.51. The number of hydrogen-bond donors (Lipinski definition) is 2. The molecule has 154 valence electrons. The largest absolute Gasteiger partial charge is 0.497 e. The third-order valence-corrected chi connectivity index (χ3v) is 5.45. The van der Waals surface area contributed by atoms with Gasteiger partial charge in [0.25, 0.3) is 5.91 Å². The van der Waals surface area contributed by atoms with Crippen LogP contribution in [0.15, 0.2) is 52.9 Å². The smallest absolute Gasteiger partial charge is 0.344 e. The number of ether oxygens (including phenoxy) is 1. The van der Waals surface area contributed by atoms with Crippen LogP contribution in [0.2, 0.25) is 0 Å². The Bertz CT molecular complexity index is 1150. The molecule has 3 aromatic rings. The number of nitrogens with zero attached hydrogens (tertiary/aromatic N) is 1. The van der Waals surface area contributed by atoms with Gasteiger partial charge >= 0.3 is 11.9 Å². The van der Waals surface area contributed by atoms with Crippen molar-refractivity contribution in [1.82, 2.24) is 15.8 Å². The van der Waals surface area contributed by atoms with E-state index < -0.39 is 23.4 Å². The van der Waals surface area contributed by atoms with E-state index in [-0.39, 0.29) is 5.76 Å². The third kappa shape index (κ3) is 2.88. The number of methoxy groups -OCH3 is 1. The molecule has 0 aliphatic carbocycles. The van der Waals surface area contributed by atoms with E-state index in [0.29, 0.717) is 39.3 Å². The topological polar surface area (TPSA) is 101 Å². The molecule has 0 radical (unpaired) electrons. The van der Waals surface area contributed by atoms with Crippen molar-refractivity contribution in [1.29, 1.82) is 0 Å². The SMILES string of the molecule is CC[C@@]1(c2ccccc2)NC(=O)N(NC(=O)c2oc3ccc(OC)cc3c2C)C1=O. The van der Waals surface area contributed by atoms with Crippen LogP contribution in [0, 0.1) is 6.92 Å². The lowest BCUT2D eigenvalue weighted by atomic mass is 9.87. The van der Waals surface area contributed by atoms with Crippen molar-refractivity contribution in [2.75, 3.05) is 7.11 Å². The number of benzene rings is 2. The van der Waals surface area contributed by atoms with E-state index in [0.717, 1.165) is 0 Å². The number of hydrazine groups is 1. The Balaban J connectivity index is 1.64. The summed E-state index contributed by atoms with van der Waals surface area (Å²) >= 11 is 0. The molecule has 8 heteroatoms. The molecule has 30 heavy (non-hydrogen) atoms. The van der Waals surface area contributed by atoms with Gasteiger partial charge in [0.15, 0.2) is 5.76 Å². The fourth-order valence-electron chi connectivity index (χ4n) is 3.73. The lowest BCUT2D eigenvalue weighted by molar-refractivity contribution is -0.133. The lowest BCUT2D eigenvalue weighted by Crippen LogP contribution is -2.48. The summed E-state index contributed by atoms with van der Waals surface area (Å²) in [6.07, 6.45) is 0.331. The van der Waals surface area contributed by atoms with E-state index in [9.17, 15) is 14.4 Å². The summed E-state index contributed by atoms with van der Waals surface area (Å²) < 4.78 is 10.9. The number of rotatable bonds is 5. The Morgan fingerprint density at radius 3 is 2.60 bits per heavy atom. The van der Waals surface area contributed by atoms with Gasteiger partial charge in [-0.25, -0.2) is 10.2 Å². The number of hydrogen-bond acceptors (Lipinski definition) is 5. The summed E-state index contributed by atoms with van der Waals surface area (Å²) in [4.78, 5) is 38.6. The molecule has 0 saturated carbocycles. The maximum atomic E-state index is 13.2. The van der Waals surface area contributed by atoms with Crippen molar-refractivity contribution >= 4 is 28.8 Å². The number of amides is 4. The highest BCUT2D eigenvalue weighted by Gasteiger charge is 2.52. The van der Waals surface area contributed by atoms with Crippen molar-refractivity contribution in [3.8, 4) is 5.75 Å². The first-order chi connectivity index (χ1) is 14.4. The van der Waals surface area contributed by atoms with Gasteiger partial charge in [-0.1, -0.05) is 37.3 Å². The van der Waals surface area contributed by atoms with Gasteiger partial charge in [-0.3, -0.25) is 9.59 Å². The van der Waals surface area contributed by atoms with Crippen LogP contribution in [0.3, 0.4) is 0 Å². The molecule has 2 N–H and O–H groups in total. The molecular weight excluding hydrogens is 386 g/mol. The average Bonchev–Trinajstić information content (AvgIpc) is 3.23. The van der Waals surface area contributed by atoms with Gasteiger partial charge in [0.2, 0.25) is 0 Å². The molecule has 1 aromatic heterocycles. The fourth-order valence-corrected chi connectivity index (χ4v) is 3.73. The van der Waals surface area contributed by atoms with Crippen molar-refractivity contribution in [3.63, 3.8) is 0 Å². The molecular formula is C22H21N3O5. The van der Waals surface area contributed by atoms with Crippen molar-refractivity contribution < 1.29 is 23.5 Å². The average molecular weight is 407 g/mol. The molecule has 2 heterocycles. The molecule has 0 bridgehead atoms. The highest BCUT2D eigenvalue weighted by molar-refractivity contribution is 6.10. The Hall–Kier alpha value is -3.81. The van der Waals surface area contributed by atoms with Crippen LogP contribution in [0.4, 0.5) is 4.79 Å². The lowest BCUT2D eigenvalue weighted by Gasteiger charge is -2.25. The standard InChI is InChI=1S/C22H21N3O5/c1-4-22(14-8-6-5-7-9-14)20(27)25(21(28)23-22)24-19(26)18-13(2)16-12-15(29-3)10-11-17(16)30-18/h5-12H,4H2,1-3H3,(H,23,28)(H,24,26)/t22-/m0/s1. The number of carbonyl (C=O) groups is 3. The van der Waals surface area contributed by atoms with Crippen LogP contribution in [-0.2, 0) is 10.3 Å². The molecule has 4 rings (SSSR count). The van der Waals surface area contributed by atoms with Crippen LogP contribution < -0.4 is 15.5 Å². The molecule has 1 atom stereocenters. The van der Waals surface area contributed by atoms with E-state index in [1.165, 1.54) is 0 Å². The second kappa shape index (κ2) is 7.22. The highest BCUT2D eigenvalue weighted by atomic mass is 16.5. The van der Waals surface area contributed by atoms with E-state index in [1.807, 2.05) is 6.07 Å². The molecule has 4 amide bonds. The Kier molecular flexibility index (Phi) is 4.69. The van der Waals surface area contributed by atoms with Gasteiger partial charge in [0.1, 0.15) is 16.9 Å². The number of aryl methyl sites for hydroxylation is 1. The Labute approximate surface area is 172 Å². The molecule has 0 spiro atoms. The van der Waals surface area contributed by atoms with Crippen LogP contribution in [0.1, 0.15) is 35.0 Å².